The van der Waals surface area contributed by atoms with E-state index in [4.69, 9.17) is 0 Å². The van der Waals surface area contributed by atoms with E-state index in [2.05, 4.69) is 33.0 Å². The van der Waals surface area contributed by atoms with E-state index in [-0.39, 0.29) is 11.8 Å². The summed E-state index contributed by atoms with van der Waals surface area (Å²) >= 11 is 0. The minimum Gasteiger partial charge on any atom is -0.338 e. The molecule has 0 saturated heterocycles. The highest BCUT2D eigenvalue weighted by Gasteiger charge is 2.15. The number of amides is 2. The van der Waals surface area contributed by atoms with Crippen molar-refractivity contribution in [1.82, 2.24) is 10.2 Å². The van der Waals surface area contributed by atoms with Crippen molar-refractivity contribution in [2.24, 2.45) is 11.8 Å². The van der Waals surface area contributed by atoms with Crippen molar-refractivity contribution < 1.29 is 9.18 Å². The number of rotatable bonds is 7. The Bertz CT molecular complexity index is 436. The van der Waals surface area contributed by atoms with E-state index in [9.17, 15) is 9.18 Å². The Morgan fingerprint density at radius 3 is 2.24 bits per heavy atom. The maximum absolute atomic E-state index is 13.5. The van der Waals surface area contributed by atoms with E-state index >= 15 is 0 Å². The predicted molar refractivity (Wildman–Crippen MR) is 84.8 cm³/mol. The number of urea groups is 1. The first kappa shape index (κ1) is 17.5. The van der Waals surface area contributed by atoms with Crippen LogP contribution in [-0.2, 0) is 6.42 Å². The van der Waals surface area contributed by atoms with Crippen LogP contribution in [0.15, 0.2) is 24.3 Å². The monoisotopic (exact) mass is 294 g/mol. The molecule has 4 heteroatoms. The molecule has 0 aliphatic heterocycles. The lowest BCUT2D eigenvalue weighted by molar-refractivity contribution is 0.183. The van der Waals surface area contributed by atoms with Crippen molar-refractivity contribution in [3.8, 4) is 0 Å². The number of hydrogen-bond donors (Lipinski definition) is 1. The molecule has 1 aromatic rings. The molecule has 0 aliphatic rings. The SMILES string of the molecule is CC(C)CN(CC(C)C)C(=O)NCCc1ccccc1F. The van der Waals surface area contributed by atoms with Crippen LogP contribution in [0.1, 0.15) is 33.3 Å². The number of benzene rings is 1. The van der Waals surface area contributed by atoms with Crippen molar-refractivity contribution >= 4 is 6.03 Å². The molecule has 1 rings (SSSR count). The number of hydrogen-bond acceptors (Lipinski definition) is 1. The second-order valence-corrected chi connectivity index (χ2v) is 6.27. The topological polar surface area (TPSA) is 32.3 Å². The first-order valence-corrected chi connectivity index (χ1v) is 7.66. The van der Waals surface area contributed by atoms with Crippen molar-refractivity contribution in [1.29, 1.82) is 0 Å². The summed E-state index contributed by atoms with van der Waals surface area (Å²) in [5, 5.41) is 2.89. The lowest BCUT2D eigenvalue weighted by Crippen LogP contribution is -2.44. The van der Waals surface area contributed by atoms with Crippen molar-refractivity contribution in [3.05, 3.63) is 35.6 Å². The molecule has 0 fully saturated rings. The molecule has 0 unspecified atom stereocenters. The molecule has 0 atom stereocenters. The van der Waals surface area contributed by atoms with E-state index in [1.807, 2.05) is 11.0 Å². The predicted octanol–water partition coefficient (Wildman–Crippen LogP) is 3.69. The van der Waals surface area contributed by atoms with Gasteiger partial charge in [0.25, 0.3) is 0 Å². The van der Waals surface area contributed by atoms with Gasteiger partial charge >= 0.3 is 6.03 Å². The number of halogens is 1. The van der Waals surface area contributed by atoms with E-state index in [1.54, 1.807) is 12.1 Å². The highest BCUT2D eigenvalue weighted by Crippen LogP contribution is 2.07. The van der Waals surface area contributed by atoms with Gasteiger partial charge in [-0.25, -0.2) is 9.18 Å². The van der Waals surface area contributed by atoms with Gasteiger partial charge in [-0.15, -0.1) is 0 Å². The average molecular weight is 294 g/mol. The summed E-state index contributed by atoms with van der Waals surface area (Å²) in [4.78, 5) is 14.1. The molecule has 1 N–H and O–H groups in total. The van der Waals surface area contributed by atoms with E-state index in [0.29, 0.717) is 30.4 Å². The standard InChI is InChI=1S/C17H27FN2O/c1-13(2)11-20(12-14(3)4)17(21)19-10-9-15-7-5-6-8-16(15)18/h5-8,13-14H,9-12H2,1-4H3,(H,19,21). The lowest BCUT2D eigenvalue weighted by Gasteiger charge is -2.26. The van der Waals surface area contributed by atoms with Crippen LogP contribution in [-0.4, -0.2) is 30.6 Å². The summed E-state index contributed by atoms with van der Waals surface area (Å²) in [6.07, 6.45) is 0.510. The molecular weight excluding hydrogens is 267 g/mol. The fourth-order valence-corrected chi connectivity index (χ4v) is 2.24. The molecule has 21 heavy (non-hydrogen) atoms. The molecule has 1 aromatic carbocycles. The van der Waals surface area contributed by atoms with Gasteiger partial charge in [-0.2, -0.15) is 0 Å². The van der Waals surface area contributed by atoms with Crippen LogP contribution < -0.4 is 5.32 Å². The Labute approximate surface area is 127 Å². The van der Waals surface area contributed by atoms with E-state index in [0.717, 1.165) is 13.1 Å². The van der Waals surface area contributed by atoms with Crippen molar-refractivity contribution in [2.75, 3.05) is 19.6 Å². The van der Waals surface area contributed by atoms with E-state index < -0.39 is 0 Å². The molecule has 0 radical (unpaired) electrons. The fourth-order valence-electron chi connectivity index (χ4n) is 2.24. The summed E-state index contributed by atoms with van der Waals surface area (Å²) < 4.78 is 13.5. The van der Waals surface area contributed by atoms with Gasteiger partial charge in [-0.1, -0.05) is 45.9 Å². The summed E-state index contributed by atoms with van der Waals surface area (Å²) in [6, 6.07) is 6.62. The van der Waals surface area contributed by atoms with Gasteiger partial charge in [-0.3, -0.25) is 0 Å². The third-order valence-electron chi connectivity index (χ3n) is 3.09. The lowest BCUT2D eigenvalue weighted by atomic mass is 10.1. The molecule has 0 spiro atoms. The number of carbonyl (C=O) groups excluding carboxylic acids is 1. The van der Waals surface area contributed by atoms with Gasteiger partial charge in [-0.05, 0) is 29.9 Å². The van der Waals surface area contributed by atoms with Crippen LogP contribution in [0.5, 0.6) is 0 Å². The fraction of sp³-hybridized carbons (Fsp3) is 0.588. The Morgan fingerprint density at radius 1 is 1.14 bits per heavy atom. The van der Waals surface area contributed by atoms with Crippen LogP contribution >= 0.6 is 0 Å². The second kappa shape index (κ2) is 8.65. The quantitative estimate of drug-likeness (QED) is 0.817. The summed E-state index contributed by atoms with van der Waals surface area (Å²) in [7, 11) is 0. The summed E-state index contributed by atoms with van der Waals surface area (Å²) in [5.74, 6) is 0.648. The highest BCUT2D eigenvalue weighted by atomic mass is 19.1. The van der Waals surface area contributed by atoms with Crippen molar-refractivity contribution in [3.63, 3.8) is 0 Å². The third-order valence-corrected chi connectivity index (χ3v) is 3.09. The van der Waals surface area contributed by atoms with Gasteiger partial charge in [0, 0.05) is 19.6 Å². The smallest absolute Gasteiger partial charge is 0.317 e. The Hall–Kier alpha value is -1.58. The highest BCUT2D eigenvalue weighted by molar-refractivity contribution is 5.74. The van der Waals surface area contributed by atoms with Crippen LogP contribution in [0.25, 0.3) is 0 Å². The van der Waals surface area contributed by atoms with Crippen LogP contribution in [0.4, 0.5) is 9.18 Å². The zero-order valence-electron chi connectivity index (χ0n) is 13.5. The first-order valence-electron chi connectivity index (χ1n) is 7.66. The number of nitrogens with zero attached hydrogens (tertiary/aromatic N) is 1. The molecule has 0 aromatic heterocycles. The van der Waals surface area contributed by atoms with Gasteiger partial charge < -0.3 is 10.2 Å². The van der Waals surface area contributed by atoms with Crippen LogP contribution in [0, 0.1) is 17.7 Å². The second-order valence-electron chi connectivity index (χ2n) is 6.27. The van der Waals surface area contributed by atoms with Crippen LogP contribution in [0.2, 0.25) is 0 Å². The molecule has 118 valence electrons. The molecule has 2 amide bonds. The summed E-state index contributed by atoms with van der Waals surface area (Å²) in [5.41, 5.74) is 0.636. The third kappa shape index (κ3) is 6.61. The zero-order chi connectivity index (χ0) is 15.8. The molecule has 0 heterocycles. The van der Waals surface area contributed by atoms with Gasteiger partial charge in [0.05, 0.1) is 0 Å². The normalized spacial score (nSPS) is 11.0. The molecule has 0 aliphatic carbocycles. The largest absolute Gasteiger partial charge is 0.338 e. The number of nitrogens with one attached hydrogen (secondary N) is 1. The molecule has 3 nitrogen and oxygen atoms in total. The maximum atomic E-state index is 13.5. The molecular formula is C17H27FN2O. The van der Waals surface area contributed by atoms with E-state index in [1.165, 1.54) is 6.07 Å². The molecule has 0 bridgehead atoms. The Morgan fingerprint density at radius 2 is 1.71 bits per heavy atom. The van der Waals surface area contributed by atoms with Gasteiger partial charge in [0.1, 0.15) is 5.82 Å². The minimum atomic E-state index is -0.215. The first-order chi connectivity index (χ1) is 9.90. The maximum Gasteiger partial charge on any atom is 0.317 e. The van der Waals surface area contributed by atoms with Crippen molar-refractivity contribution in [2.45, 2.75) is 34.1 Å². The van der Waals surface area contributed by atoms with Crippen LogP contribution in [0.3, 0.4) is 0 Å². The molecule has 0 saturated carbocycles. The Balaban J connectivity index is 2.48. The average Bonchev–Trinajstić information content (AvgIpc) is 2.39. The van der Waals surface area contributed by atoms with Gasteiger partial charge in [0.2, 0.25) is 0 Å². The summed E-state index contributed by atoms with van der Waals surface area (Å²) in [6.45, 7) is 10.3. The Kier molecular flexibility index (Phi) is 7.20. The van der Waals surface area contributed by atoms with Gasteiger partial charge in [0.15, 0.2) is 0 Å². The number of carbonyl (C=O) groups is 1. The minimum absolute atomic E-state index is 0.0614. The zero-order valence-corrected chi connectivity index (χ0v) is 13.5.